The first-order chi connectivity index (χ1) is 9.60. The second kappa shape index (κ2) is 6.78. The molecule has 20 heavy (non-hydrogen) atoms. The molecule has 0 aliphatic carbocycles. The zero-order valence-corrected chi connectivity index (χ0v) is 12.9. The van der Waals surface area contributed by atoms with Crippen molar-refractivity contribution in [3.05, 3.63) is 24.3 Å². The van der Waals surface area contributed by atoms with Crippen LogP contribution in [0.2, 0.25) is 0 Å². The molecule has 0 radical (unpaired) electrons. The molecule has 0 spiro atoms. The SMILES string of the molecule is CCC(C)C(=O)Nc1ccc(N2CCC(C)CC2)cc1. The summed E-state index contributed by atoms with van der Waals surface area (Å²) in [7, 11) is 0. The summed E-state index contributed by atoms with van der Waals surface area (Å²) in [5.74, 6) is 1.02. The molecule has 1 amide bonds. The van der Waals surface area contributed by atoms with E-state index in [1.807, 2.05) is 26.0 Å². The maximum atomic E-state index is 11.8. The van der Waals surface area contributed by atoms with E-state index >= 15 is 0 Å². The van der Waals surface area contributed by atoms with Crippen molar-refractivity contribution in [2.75, 3.05) is 23.3 Å². The van der Waals surface area contributed by atoms with Crippen molar-refractivity contribution < 1.29 is 4.79 Å². The van der Waals surface area contributed by atoms with E-state index in [2.05, 4.69) is 29.3 Å². The molecule has 1 aromatic rings. The topological polar surface area (TPSA) is 32.3 Å². The lowest BCUT2D eigenvalue weighted by atomic mass is 9.99. The van der Waals surface area contributed by atoms with Gasteiger partial charge in [0.2, 0.25) is 5.91 Å². The Morgan fingerprint density at radius 1 is 1.30 bits per heavy atom. The van der Waals surface area contributed by atoms with Gasteiger partial charge in [-0.2, -0.15) is 0 Å². The van der Waals surface area contributed by atoms with E-state index in [-0.39, 0.29) is 11.8 Å². The van der Waals surface area contributed by atoms with Crippen molar-refractivity contribution in [3.8, 4) is 0 Å². The van der Waals surface area contributed by atoms with Gasteiger partial charge < -0.3 is 10.2 Å². The van der Waals surface area contributed by atoms with E-state index in [0.717, 1.165) is 31.1 Å². The van der Waals surface area contributed by atoms with Gasteiger partial charge in [-0.1, -0.05) is 20.8 Å². The van der Waals surface area contributed by atoms with E-state index in [0.29, 0.717) is 0 Å². The zero-order chi connectivity index (χ0) is 14.5. The highest BCUT2D eigenvalue weighted by Gasteiger charge is 2.16. The molecular formula is C17H26N2O. The van der Waals surface area contributed by atoms with Gasteiger partial charge in [0.05, 0.1) is 0 Å². The summed E-state index contributed by atoms with van der Waals surface area (Å²) in [5, 5.41) is 2.97. The summed E-state index contributed by atoms with van der Waals surface area (Å²) in [5.41, 5.74) is 2.16. The number of benzene rings is 1. The molecule has 0 bridgehead atoms. The molecule has 3 heteroatoms. The number of amides is 1. The first kappa shape index (κ1) is 14.9. The fraction of sp³-hybridized carbons (Fsp3) is 0.588. The maximum absolute atomic E-state index is 11.8. The van der Waals surface area contributed by atoms with Crippen LogP contribution in [0, 0.1) is 11.8 Å². The highest BCUT2D eigenvalue weighted by atomic mass is 16.1. The number of carbonyl (C=O) groups excluding carboxylic acids is 1. The van der Waals surface area contributed by atoms with Crippen LogP contribution in [-0.4, -0.2) is 19.0 Å². The lowest BCUT2D eigenvalue weighted by Gasteiger charge is -2.32. The second-order valence-corrected chi connectivity index (χ2v) is 6.01. The maximum Gasteiger partial charge on any atom is 0.227 e. The van der Waals surface area contributed by atoms with Crippen molar-refractivity contribution in [2.24, 2.45) is 11.8 Å². The molecule has 1 heterocycles. The minimum atomic E-state index is 0.0678. The molecule has 110 valence electrons. The molecule has 1 aromatic carbocycles. The molecule has 1 unspecified atom stereocenters. The first-order valence-corrected chi connectivity index (χ1v) is 7.76. The predicted molar refractivity (Wildman–Crippen MR) is 85.1 cm³/mol. The van der Waals surface area contributed by atoms with Gasteiger partial charge in [0.1, 0.15) is 0 Å². The molecule has 1 fully saturated rings. The quantitative estimate of drug-likeness (QED) is 0.903. The number of hydrogen-bond donors (Lipinski definition) is 1. The molecule has 0 aromatic heterocycles. The highest BCUT2D eigenvalue weighted by Crippen LogP contribution is 2.24. The number of nitrogens with one attached hydrogen (secondary N) is 1. The Hall–Kier alpha value is -1.51. The van der Waals surface area contributed by atoms with Crippen LogP contribution in [0.3, 0.4) is 0 Å². The lowest BCUT2D eigenvalue weighted by molar-refractivity contribution is -0.119. The van der Waals surface area contributed by atoms with Gasteiger partial charge in [0.15, 0.2) is 0 Å². The second-order valence-electron chi connectivity index (χ2n) is 6.01. The zero-order valence-electron chi connectivity index (χ0n) is 12.9. The van der Waals surface area contributed by atoms with Crippen molar-refractivity contribution in [3.63, 3.8) is 0 Å². The minimum absolute atomic E-state index is 0.0678. The number of anilines is 2. The summed E-state index contributed by atoms with van der Waals surface area (Å²) >= 11 is 0. The van der Waals surface area contributed by atoms with Crippen molar-refractivity contribution in [1.82, 2.24) is 0 Å². The average molecular weight is 274 g/mol. The van der Waals surface area contributed by atoms with Gasteiger partial charge in [0, 0.05) is 30.4 Å². The monoisotopic (exact) mass is 274 g/mol. The lowest BCUT2D eigenvalue weighted by Crippen LogP contribution is -2.32. The smallest absolute Gasteiger partial charge is 0.227 e. The molecular weight excluding hydrogens is 248 g/mol. The number of rotatable bonds is 4. The predicted octanol–water partition coefficient (Wildman–Crippen LogP) is 3.91. The van der Waals surface area contributed by atoms with Gasteiger partial charge in [0.25, 0.3) is 0 Å². The molecule has 0 saturated carbocycles. The Morgan fingerprint density at radius 2 is 1.90 bits per heavy atom. The average Bonchev–Trinajstić information content (AvgIpc) is 2.48. The van der Waals surface area contributed by atoms with Gasteiger partial charge in [-0.25, -0.2) is 0 Å². The van der Waals surface area contributed by atoms with Gasteiger partial charge in [-0.15, -0.1) is 0 Å². The Labute approximate surface area is 122 Å². The molecule has 3 nitrogen and oxygen atoms in total. The van der Waals surface area contributed by atoms with Gasteiger partial charge in [-0.3, -0.25) is 4.79 Å². The fourth-order valence-electron chi connectivity index (χ4n) is 2.47. The summed E-state index contributed by atoms with van der Waals surface area (Å²) in [6.07, 6.45) is 3.41. The molecule has 2 rings (SSSR count). The van der Waals surface area contributed by atoms with Crippen LogP contribution in [0.15, 0.2) is 24.3 Å². The van der Waals surface area contributed by atoms with Crippen LogP contribution in [-0.2, 0) is 4.79 Å². The van der Waals surface area contributed by atoms with Crippen LogP contribution in [0.5, 0.6) is 0 Å². The van der Waals surface area contributed by atoms with E-state index in [1.54, 1.807) is 0 Å². The van der Waals surface area contributed by atoms with Crippen LogP contribution < -0.4 is 10.2 Å². The van der Waals surface area contributed by atoms with E-state index in [9.17, 15) is 4.79 Å². The van der Waals surface area contributed by atoms with Crippen molar-refractivity contribution >= 4 is 17.3 Å². The summed E-state index contributed by atoms with van der Waals surface area (Å²) in [6.45, 7) is 8.59. The minimum Gasteiger partial charge on any atom is -0.372 e. The van der Waals surface area contributed by atoms with Crippen LogP contribution >= 0.6 is 0 Å². The molecule has 1 saturated heterocycles. The largest absolute Gasteiger partial charge is 0.372 e. The summed E-state index contributed by atoms with van der Waals surface area (Å²) in [4.78, 5) is 14.3. The van der Waals surface area contributed by atoms with Crippen LogP contribution in [0.25, 0.3) is 0 Å². The normalized spacial score (nSPS) is 17.9. The molecule has 1 atom stereocenters. The number of hydrogen-bond acceptors (Lipinski definition) is 2. The van der Waals surface area contributed by atoms with E-state index in [4.69, 9.17) is 0 Å². The van der Waals surface area contributed by atoms with Crippen LogP contribution in [0.1, 0.15) is 40.0 Å². The van der Waals surface area contributed by atoms with E-state index in [1.165, 1.54) is 18.5 Å². The Kier molecular flexibility index (Phi) is 5.05. The third-order valence-corrected chi connectivity index (χ3v) is 4.34. The van der Waals surface area contributed by atoms with Crippen molar-refractivity contribution in [2.45, 2.75) is 40.0 Å². The number of piperidine rings is 1. The molecule has 1 N–H and O–H groups in total. The Balaban J connectivity index is 1.94. The summed E-state index contributed by atoms with van der Waals surface area (Å²) in [6, 6.07) is 8.24. The Morgan fingerprint density at radius 3 is 2.45 bits per heavy atom. The standard InChI is InChI=1S/C17H26N2O/c1-4-14(3)17(20)18-15-5-7-16(8-6-15)19-11-9-13(2)10-12-19/h5-8,13-14H,4,9-12H2,1-3H3,(H,18,20). The molecule has 1 aliphatic heterocycles. The van der Waals surface area contributed by atoms with Gasteiger partial charge in [-0.05, 0) is 49.4 Å². The fourth-order valence-corrected chi connectivity index (χ4v) is 2.47. The van der Waals surface area contributed by atoms with Gasteiger partial charge >= 0.3 is 0 Å². The number of carbonyl (C=O) groups is 1. The summed E-state index contributed by atoms with van der Waals surface area (Å²) < 4.78 is 0. The van der Waals surface area contributed by atoms with Crippen LogP contribution in [0.4, 0.5) is 11.4 Å². The third-order valence-electron chi connectivity index (χ3n) is 4.34. The first-order valence-electron chi connectivity index (χ1n) is 7.76. The molecule has 1 aliphatic rings. The third kappa shape index (κ3) is 3.75. The van der Waals surface area contributed by atoms with E-state index < -0.39 is 0 Å². The number of nitrogens with zero attached hydrogens (tertiary/aromatic N) is 1. The van der Waals surface area contributed by atoms with Crippen molar-refractivity contribution in [1.29, 1.82) is 0 Å². The highest BCUT2D eigenvalue weighted by molar-refractivity contribution is 5.92. The Bertz CT molecular complexity index is 433.